The van der Waals surface area contributed by atoms with Crippen LogP contribution < -0.4 is 5.73 Å². The lowest BCUT2D eigenvalue weighted by Crippen LogP contribution is -2.62. The highest BCUT2D eigenvalue weighted by Crippen LogP contribution is 2.55. The fraction of sp³-hybridized carbons (Fsp3) is 0.192. The van der Waals surface area contributed by atoms with Gasteiger partial charge in [0.1, 0.15) is 22.8 Å². The number of non-ortho nitro benzene ring substituents is 1. The number of nitrogens with two attached hydrogens (primary N) is 1. The molecular formula is C26H20N2O10. The van der Waals surface area contributed by atoms with Crippen LogP contribution in [0.15, 0.2) is 65.1 Å². The van der Waals surface area contributed by atoms with E-state index in [9.17, 15) is 50.0 Å². The number of carbonyl (C=O) groups excluding carboxylic acids is 3. The van der Waals surface area contributed by atoms with Crippen molar-refractivity contribution in [3.05, 3.63) is 91.9 Å². The molecule has 3 aliphatic carbocycles. The molecule has 1 amide bonds. The summed E-state index contributed by atoms with van der Waals surface area (Å²) >= 11 is 0. The molecule has 4 atom stereocenters. The summed E-state index contributed by atoms with van der Waals surface area (Å²) in [6.07, 6.45) is -1.00. The van der Waals surface area contributed by atoms with Crippen LogP contribution in [0.4, 0.5) is 5.69 Å². The highest BCUT2D eigenvalue weighted by Gasteiger charge is 2.63. The quantitative estimate of drug-likeness (QED) is 0.194. The Hall–Kier alpha value is -4.81. The molecule has 194 valence electrons. The first kappa shape index (κ1) is 24.9. The third-order valence-corrected chi connectivity index (χ3v) is 7.30. The molecule has 0 unspecified atom stereocenters. The number of hydrogen-bond acceptors (Lipinski definition) is 10. The molecule has 5 rings (SSSR count). The van der Waals surface area contributed by atoms with E-state index in [0.29, 0.717) is 0 Å². The molecule has 0 spiro atoms. The van der Waals surface area contributed by atoms with Gasteiger partial charge >= 0.3 is 0 Å². The number of carbonyl (C=O) groups is 3. The maximum Gasteiger partial charge on any atom is 0.270 e. The Morgan fingerprint density at radius 1 is 1.13 bits per heavy atom. The van der Waals surface area contributed by atoms with Crippen LogP contribution in [-0.2, 0) is 9.59 Å². The van der Waals surface area contributed by atoms with Crippen molar-refractivity contribution in [1.82, 2.24) is 0 Å². The molecule has 12 nitrogen and oxygen atoms in total. The standard InChI is InChI=1S/C26H20N2O10/c27-25(35)19-16(30)9-14-21(31)18-13(8-10-3-1-4-11(7-10)28(37)38)12-5-2-6-15(29)17(12)22(32)20(18)24(34)26(14,36)23(19)33/h1-8,14,18,21,29-31,34,36H,9H2,(H2,27,35)/b13-8+/t14-,18-,21-,26-/m1/s1. The number of nitrogens with zero attached hydrogens (tertiary/aromatic N) is 1. The number of aliphatic hydroxyl groups is 4. The maximum absolute atomic E-state index is 13.6. The first-order valence-electron chi connectivity index (χ1n) is 11.3. The second-order valence-corrected chi connectivity index (χ2v) is 9.30. The normalized spacial score (nSPS) is 27.6. The van der Waals surface area contributed by atoms with Gasteiger partial charge in [0.05, 0.1) is 22.2 Å². The SMILES string of the molecule is NC(=O)C1=C(O)C[C@@H]2[C@@H](O)[C@H]3C(=C(O)[C@]2(O)C1=O)C(=O)c1c(O)cccc1/C3=C\c1cccc([N+](=O)[O-])c1. The van der Waals surface area contributed by atoms with Crippen molar-refractivity contribution in [3.8, 4) is 5.75 Å². The fourth-order valence-corrected chi connectivity index (χ4v) is 5.59. The Balaban J connectivity index is 1.81. The van der Waals surface area contributed by atoms with Crippen molar-refractivity contribution in [3.63, 3.8) is 0 Å². The average Bonchev–Trinajstić information content (AvgIpc) is 2.86. The maximum atomic E-state index is 13.6. The monoisotopic (exact) mass is 520 g/mol. The molecule has 0 aliphatic heterocycles. The molecule has 7 N–H and O–H groups in total. The predicted molar refractivity (Wildman–Crippen MR) is 129 cm³/mol. The third kappa shape index (κ3) is 3.27. The smallest absolute Gasteiger partial charge is 0.270 e. The zero-order valence-electron chi connectivity index (χ0n) is 19.4. The molecule has 0 saturated carbocycles. The Kier molecular flexibility index (Phi) is 5.47. The van der Waals surface area contributed by atoms with E-state index in [4.69, 9.17) is 5.73 Å². The first-order chi connectivity index (χ1) is 17.9. The minimum atomic E-state index is -2.98. The summed E-state index contributed by atoms with van der Waals surface area (Å²) in [4.78, 5) is 49.2. The van der Waals surface area contributed by atoms with Crippen molar-refractivity contribution in [2.45, 2.75) is 18.1 Å². The number of allylic oxidation sites excluding steroid dienone is 1. The first-order valence-corrected chi connectivity index (χ1v) is 11.3. The van der Waals surface area contributed by atoms with Gasteiger partial charge in [-0.2, -0.15) is 0 Å². The van der Waals surface area contributed by atoms with Crippen LogP contribution in [0.1, 0.15) is 27.9 Å². The van der Waals surface area contributed by atoms with Crippen LogP contribution in [0.5, 0.6) is 5.75 Å². The number of nitro benzene ring substituents is 1. The van der Waals surface area contributed by atoms with E-state index >= 15 is 0 Å². The van der Waals surface area contributed by atoms with Gasteiger partial charge in [0.2, 0.25) is 5.78 Å². The summed E-state index contributed by atoms with van der Waals surface area (Å²) in [5.41, 5.74) is 0.654. The molecule has 12 heteroatoms. The van der Waals surface area contributed by atoms with E-state index in [1.165, 1.54) is 48.5 Å². The van der Waals surface area contributed by atoms with Crippen molar-refractivity contribution < 1.29 is 44.8 Å². The van der Waals surface area contributed by atoms with Crippen LogP contribution in [0.25, 0.3) is 11.6 Å². The molecular weight excluding hydrogens is 500 g/mol. The number of hydrogen-bond donors (Lipinski definition) is 6. The minimum Gasteiger partial charge on any atom is -0.511 e. The molecule has 38 heavy (non-hydrogen) atoms. The number of amides is 1. The predicted octanol–water partition coefficient (Wildman–Crippen LogP) is 1.46. The van der Waals surface area contributed by atoms with Gasteiger partial charge in [0.25, 0.3) is 11.6 Å². The Labute approximate surface area is 213 Å². The van der Waals surface area contributed by atoms with E-state index < -0.39 is 80.8 Å². The topological polar surface area (TPSA) is 222 Å². The van der Waals surface area contributed by atoms with Crippen LogP contribution in [0.3, 0.4) is 0 Å². The van der Waals surface area contributed by atoms with E-state index in [-0.39, 0.29) is 28.0 Å². The fourth-order valence-electron chi connectivity index (χ4n) is 5.59. The molecule has 0 radical (unpaired) electrons. The molecule has 2 aromatic rings. The lowest BCUT2D eigenvalue weighted by atomic mass is 9.57. The van der Waals surface area contributed by atoms with Gasteiger partial charge in [-0.25, -0.2) is 0 Å². The summed E-state index contributed by atoms with van der Waals surface area (Å²) in [6, 6.07) is 9.53. The van der Waals surface area contributed by atoms with Gasteiger partial charge in [-0.05, 0) is 22.8 Å². The summed E-state index contributed by atoms with van der Waals surface area (Å²) in [7, 11) is 0. The molecule has 2 aromatic carbocycles. The number of rotatable bonds is 3. The number of benzene rings is 2. The molecule has 0 saturated heterocycles. The lowest BCUT2D eigenvalue weighted by molar-refractivity contribution is -0.384. The largest absolute Gasteiger partial charge is 0.511 e. The highest BCUT2D eigenvalue weighted by molar-refractivity contribution is 6.25. The molecule has 0 aromatic heterocycles. The van der Waals surface area contributed by atoms with E-state index in [1.807, 2.05) is 0 Å². The second kappa shape index (κ2) is 8.36. The number of ketones is 2. The van der Waals surface area contributed by atoms with Crippen molar-refractivity contribution in [1.29, 1.82) is 0 Å². The van der Waals surface area contributed by atoms with E-state index in [0.717, 1.165) is 0 Å². The van der Waals surface area contributed by atoms with Gasteiger partial charge in [0, 0.05) is 30.4 Å². The number of primary amides is 1. The van der Waals surface area contributed by atoms with Crippen LogP contribution >= 0.6 is 0 Å². The van der Waals surface area contributed by atoms with Crippen molar-refractivity contribution >= 4 is 34.8 Å². The van der Waals surface area contributed by atoms with Gasteiger partial charge in [-0.1, -0.05) is 30.3 Å². The number of Topliss-reactive ketones (excluding diaryl/α,β-unsaturated/α-hetero) is 2. The van der Waals surface area contributed by atoms with Gasteiger partial charge in [-0.15, -0.1) is 0 Å². The Morgan fingerprint density at radius 2 is 1.82 bits per heavy atom. The summed E-state index contributed by atoms with van der Waals surface area (Å²) in [6.45, 7) is 0. The van der Waals surface area contributed by atoms with Crippen molar-refractivity contribution in [2.24, 2.45) is 17.6 Å². The van der Waals surface area contributed by atoms with Gasteiger partial charge in [-0.3, -0.25) is 24.5 Å². The summed E-state index contributed by atoms with van der Waals surface area (Å²) in [5.74, 6) is -9.29. The van der Waals surface area contributed by atoms with Crippen molar-refractivity contribution in [2.75, 3.05) is 0 Å². The molecule has 0 bridgehead atoms. The van der Waals surface area contributed by atoms with E-state index in [1.54, 1.807) is 0 Å². The molecule has 3 aliphatic rings. The van der Waals surface area contributed by atoms with Gasteiger partial charge < -0.3 is 31.3 Å². The second-order valence-electron chi connectivity index (χ2n) is 9.30. The number of aliphatic hydroxyl groups excluding tert-OH is 3. The van der Waals surface area contributed by atoms with Gasteiger partial charge in [0.15, 0.2) is 11.4 Å². The average molecular weight is 520 g/mol. The number of phenols is 1. The van der Waals surface area contributed by atoms with Crippen LogP contribution in [0.2, 0.25) is 0 Å². The minimum absolute atomic E-state index is 0.142. The van der Waals surface area contributed by atoms with Crippen LogP contribution in [0, 0.1) is 22.0 Å². The zero-order chi connectivity index (χ0) is 27.7. The third-order valence-electron chi connectivity index (χ3n) is 7.30. The van der Waals surface area contributed by atoms with E-state index in [2.05, 4.69) is 0 Å². The number of phenolic OH excluding ortho intramolecular Hbond substituents is 1. The zero-order valence-corrected chi connectivity index (χ0v) is 19.4. The van der Waals surface area contributed by atoms with Crippen LogP contribution in [-0.4, -0.2) is 59.6 Å². The Bertz CT molecular complexity index is 1570. The lowest BCUT2D eigenvalue weighted by Gasteiger charge is -2.49. The number of aromatic hydroxyl groups is 1. The number of nitro groups is 1. The summed E-state index contributed by atoms with van der Waals surface area (Å²) in [5, 5.41) is 66.3. The Morgan fingerprint density at radius 3 is 2.47 bits per heavy atom. The number of fused-ring (bicyclic) bond motifs is 3. The molecule has 0 heterocycles. The summed E-state index contributed by atoms with van der Waals surface area (Å²) < 4.78 is 0. The highest BCUT2D eigenvalue weighted by atomic mass is 16.6. The molecule has 0 fully saturated rings.